The molecule has 1 atom stereocenters. The molecular formula is C23H34N4O4S. The van der Waals surface area contributed by atoms with Crippen LogP contribution in [0, 0.1) is 6.92 Å². The second-order valence-electron chi connectivity index (χ2n) is 8.36. The summed E-state index contributed by atoms with van der Waals surface area (Å²) in [6.45, 7) is 8.36. The van der Waals surface area contributed by atoms with E-state index in [1.165, 1.54) is 6.92 Å². The Morgan fingerprint density at radius 2 is 1.97 bits per heavy atom. The van der Waals surface area contributed by atoms with Gasteiger partial charge in [-0.25, -0.2) is 0 Å². The van der Waals surface area contributed by atoms with E-state index in [1.54, 1.807) is 16.7 Å². The molecule has 0 saturated carbocycles. The number of ether oxygens (including phenoxy) is 1. The number of aromatic nitrogens is 1. The van der Waals surface area contributed by atoms with Crippen molar-refractivity contribution in [2.24, 2.45) is 0 Å². The molecule has 2 saturated heterocycles. The third-order valence-electron chi connectivity index (χ3n) is 5.95. The lowest BCUT2D eigenvalue weighted by Crippen LogP contribution is -2.50. The molecule has 0 spiro atoms. The second kappa shape index (κ2) is 11.7. The molecule has 8 nitrogen and oxygen atoms in total. The van der Waals surface area contributed by atoms with Gasteiger partial charge in [0.1, 0.15) is 6.04 Å². The summed E-state index contributed by atoms with van der Waals surface area (Å²) in [5, 5.41) is 2.93. The van der Waals surface area contributed by atoms with Gasteiger partial charge in [-0.3, -0.25) is 19.4 Å². The highest BCUT2D eigenvalue weighted by atomic mass is 32.2. The number of nitrogens with zero attached hydrogens (tertiary/aromatic N) is 3. The third kappa shape index (κ3) is 6.01. The summed E-state index contributed by atoms with van der Waals surface area (Å²) in [4.78, 5) is 45.9. The molecule has 2 aliphatic heterocycles. The van der Waals surface area contributed by atoms with E-state index in [2.05, 4.69) is 5.32 Å². The molecule has 1 aromatic heterocycles. The molecule has 2 aliphatic rings. The van der Waals surface area contributed by atoms with E-state index in [9.17, 15) is 14.4 Å². The van der Waals surface area contributed by atoms with Gasteiger partial charge in [-0.15, -0.1) is 11.8 Å². The molecule has 0 bridgehead atoms. The Kier molecular flexibility index (Phi) is 8.92. The molecule has 0 radical (unpaired) electrons. The van der Waals surface area contributed by atoms with Crippen LogP contribution in [0.15, 0.2) is 12.1 Å². The summed E-state index contributed by atoms with van der Waals surface area (Å²) in [6, 6.07) is 3.35. The first-order chi connectivity index (χ1) is 15.4. The first-order valence-corrected chi connectivity index (χ1v) is 12.5. The topological polar surface area (TPSA) is 91.8 Å². The van der Waals surface area contributed by atoms with Gasteiger partial charge in [0.25, 0.3) is 5.91 Å². The van der Waals surface area contributed by atoms with E-state index in [4.69, 9.17) is 9.72 Å². The summed E-state index contributed by atoms with van der Waals surface area (Å²) in [7, 11) is 0. The van der Waals surface area contributed by atoms with Crippen molar-refractivity contribution in [2.45, 2.75) is 52.0 Å². The molecule has 1 aromatic rings. The van der Waals surface area contributed by atoms with Crippen LogP contribution in [0.3, 0.4) is 0 Å². The van der Waals surface area contributed by atoms with Crippen molar-refractivity contribution in [3.8, 4) is 0 Å². The maximum Gasteiger partial charge on any atom is 0.253 e. The second-order valence-corrected chi connectivity index (χ2v) is 9.36. The molecule has 3 rings (SSSR count). The van der Waals surface area contributed by atoms with Crippen molar-refractivity contribution in [1.29, 1.82) is 0 Å². The predicted molar refractivity (Wildman–Crippen MR) is 125 cm³/mol. The molecular weight excluding hydrogens is 428 g/mol. The Morgan fingerprint density at radius 3 is 2.66 bits per heavy atom. The maximum atomic E-state index is 13.0. The highest BCUT2D eigenvalue weighted by molar-refractivity contribution is 7.99. The summed E-state index contributed by atoms with van der Waals surface area (Å²) in [5.74, 6) is 1.21. The Bertz CT molecular complexity index is 826. The van der Waals surface area contributed by atoms with Crippen molar-refractivity contribution in [3.63, 3.8) is 0 Å². The van der Waals surface area contributed by atoms with E-state index >= 15 is 0 Å². The molecule has 32 heavy (non-hydrogen) atoms. The van der Waals surface area contributed by atoms with Crippen molar-refractivity contribution < 1.29 is 19.1 Å². The fraction of sp³-hybridized carbons (Fsp3) is 0.652. The lowest BCUT2D eigenvalue weighted by molar-refractivity contribution is -0.143. The monoisotopic (exact) mass is 462 g/mol. The molecule has 0 aromatic carbocycles. The molecule has 1 N–H and O–H groups in total. The van der Waals surface area contributed by atoms with E-state index in [0.29, 0.717) is 50.0 Å². The minimum atomic E-state index is -0.359. The van der Waals surface area contributed by atoms with Crippen LogP contribution >= 0.6 is 11.8 Å². The Labute approximate surface area is 194 Å². The van der Waals surface area contributed by atoms with Gasteiger partial charge in [-0.1, -0.05) is 6.92 Å². The summed E-state index contributed by atoms with van der Waals surface area (Å²) < 4.78 is 5.44. The predicted octanol–water partition coefficient (Wildman–Crippen LogP) is 2.17. The zero-order chi connectivity index (χ0) is 23.1. The highest BCUT2D eigenvalue weighted by Gasteiger charge is 2.37. The van der Waals surface area contributed by atoms with Gasteiger partial charge >= 0.3 is 0 Å². The number of rotatable bonds is 8. The quantitative estimate of drug-likeness (QED) is 0.596. The third-order valence-corrected chi connectivity index (χ3v) is 6.97. The van der Waals surface area contributed by atoms with Crippen LogP contribution in [0.1, 0.15) is 60.8 Å². The minimum Gasteiger partial charge on any atom is -0.380 e. The molecule has 2 fully saturated rings. The van der Waals surface area contributed by atoms with Crippen LogP contribution in [0.25, 0.3) is 0 Å². The SMILES string of the molecule is CCCOCCNC(=O)c1ccc(C)nc1C1CCN(C(=O)[C@@H]2CSCN2C(C)=O)CC1. The first kappa shape index (κ1) is 24.5. The van der Waals surface area contributed by atoms with Crippen LogP contribution < -0.4 is 5.32 Å². The van der Waals surface area contributed by atoms with E-state index in [-0.39, 0.29) is 29.7 Å². The minimum absolute atomic E-state index is 0.0332. The number of nitrogens with one attached hydrogen (secondary N) is 1. The van der Waals surface area contributed by atoms with E-state index in [0.717, 1.165) is 30.7 Å². The fourth-order valence-electron chi connectivity index (χ4n) is 4.20. The van der Waals surface area contributed by atoms with Gasteiger partial charge in [0.05, 0.1) is 23.7 Å². The number of pyridine rings is 1. The number of aryl methyl sites for hydroxylation is 1. The molecule has 3 heterocycles. The number of likely N-dealkylation sites (tertiary alicyclic amines) is 1. The smallest absolute Gasteiger partial charge is 0.253 e. The zero-order valence-electron chi connectivity index (χ0n) is 19.3. The summed E-state index contributed by atoms with van der Waals surface area (Å²) in [6.07, 6.45) is 2.46. The number of amides is 3. The van der Waals surface area contributed by atoms with Gasteiger partial charge in [0.15, 0.2) is 0 Å². The molecule has 176 valence electrons. The average Bonchev–Trinajstić information content (AvgIpc) is 3.29. The van der Waals surface area contributed by atoms with Crippen molar-refractivity contribution >= 4 is 29.5 Å². The molecule has 0 unspecified atom stereocenters. The fourth-order valence-corrected chi connectivity index (χ4v) is 5.41. The van der Waals surface area contributed by atoms with Crippen LogP contribution in [-0.4, -0.2) is 83.0 Å². The summed E-state index contributed by atoms with van der Waals surface area (Å²) in [5.41, 5.74) is 2.29. The Hall–Kier alpha value is -2.13. The Balaban J connectivity index is 1.61. The standard InChI is InChI=1S/C23H34N4O4S/c1-4-12-31-13-9-24-22(29)19-6-5-16(2)25-21(19)18-7-10-26(11-8-18)23(30)20-14-32-15-27(20)17(3)28/h5-6,18,20H,4,7-15H2,1-3H3,(H,24,29)/t20-/m0/s1. The lowest BCUT2D eigenvalue weighted by atomic mass is 9.89. The van der Waals surface area contributed by atoms with Gasteiger partial charge in [-0.2, -0.15) is 0 Å². The van der Waals surface area contributed by atoms with Crippen LogP contribution in [0.2, 0.25) is 0 Å². The van der Waals surface area contributed by atoms with Crippen molar-refractivity contribution in [3.05, 3.63) is 29.1 Å². The number of carbonyl (C=O) groups excluding carboxylic acids is 3. The average molecular weight is 463 g/mol. The maximum absolute atomic E-state index is 13.0. The Morgan fingerprint density at radius 1 is 1.22 bits per heavy atom. The number of thioether (sulfide) groups is 1. The van der Waals surface area contributed by atoms with Gasteiger partial charge in [0, 0.05) is 50.5 Å². The lowest BCUT2D eigenvalue weighted by Gasteiger charge is -2.35. The van der Waals surface area contributed by atoms with Crippen LogP contribution in [-0.2, 0) is 14.3 Å². The summed E-state index contributed by atoms with van der Waals surface area (Å²) >= 11 is 1.62. The number of hydrogen-bond donors (Lipinski definition) is 1. The van der Waals surface area contributed by atoms with Gasteiger partial charge in [-0.05, 0) is 38.3 Å². The number of hydrogen-bond acceptors (Lipinski definition) is 6. The molecule has 0 aliphatic carbocycles. The van der Waals surface area contributed by atoms with Gasteiger partial charge in [0.2, 0.25) is 11.8 Å². The molecule has 9 heteroatoms. The normalized spacial score (nSPS) is 19.3. The van der Waals surface area contributed by atoms with Crippen LogP contribution in [0.5, 0.6) is 0 Å². The van der Waals surface area contributed by atoms with Crippen LogP contribution in [0.4, 0.5) is 0 Å². The number of piperidine rings is 1. The van der Waals surface area contributed by atoms with Gasteiger partial charge < -0.3 is 19.9 Å². The largest absolute Gasteiger partial charge is 0.380 e. The van der Waals surface area contributed by atoms with Crippen molar-refractivity contribution in [2.75, 3.05) is 44.5 Å². The van der Waals surface area contributed by atoms with E-state index < -0.39 is 0 Å². The number of carbonyl (C=O) groups is 3. The molecule has 3 amide bonds. The zero-order valence-corrected chi connectivity index (χ0v) is 20.1. The highest BCUT2D eigenvalue weighted by Crippen LogP contribution is 2.31. The van der Waals surface area contributed by atoms with E-state index in [1.807, 2.05) is 30.9 Å². The van der Waals surface area contributed by atoms with Crippen molar-refractivity contribution in [1.82, 2.24) is 20.1 Å². The first-order valence-electron chi connectivity index (χ1n) is 11.4.